The van der Waals surface area contributed by atoms with E-state index >= 15 is 0 Å². The summed E-state index contributed by atoms with van der Waals surface area (Å²) in [7, 11) is 0. The van der Waals surface area contributed by atoms with Crippen LogP contribution < -0.4 is 20.4 Å². The Labute approximate surface area is 307 Å². The molecule has 4 fully saturated rings. The van der Waals surface area contributed by atoms with Crippen LogP contribution in [0.3, 0.4) is 0 Å². The Morgan fingerprint density at radius 3 is 1.31 bits per heavy atom. The average Bonchev–Trinajstić information content (AvgIpc) is 3.11. The lowest BCUT2D eigenvalue weighted by Crippen LogP contribution is -2.49. The van der Waals surface area contributed by atoms with E-state index in [-0.39, 0.29) is 6.03 Å². The average molecular weight is 739 g/mol. The molecule has 7 nitrogen and oxygen atoms in total. The van der Waals surface area contributed by atoms with Crippen LogP contribution in [0, 0.1) is 11.8 Å². The number of piperazine rings is 2. The molecule has 0 atom stereocenters. The maximum Gasteiger partial charge on any atom is 0.315 e. The highest BCUT2D eigenvalue weighted by Gasteiger charge is 2.28. The molecule has 0 radical (unpaired) electrons. The van der Waals surface area contributed by atoms with Crippen LogP contribution in [0.1, 0.15) is 64.2 Å². The first-order valence-electron chi connectivity index (χ1n) is 18.2. The van der Waals surface area contributed by atoms with E-state index < -0.39 is 0 Å². The van der Waals surface area contributed by atoms with Crippen molar-refractivity contribution < 1.29 is 4.79 Å². The highest BCUT2D eigenvalue weighted by Crippen LogP contribution is 2.35. The van der Waals surface area contributed by atoms with Gasteiger partial charge in [-0.25, -0.2) is 4.79 Å². The molecule has 11 heteroatoms. The van der Waals surface area contributed by atoms with Crippen molar-refractivity contribution in [2.75, 3.05) is 75.2 Å². The molecule has 2 aromatic carbocycles. The molecule has 4 aliphatic rings. The number of urea groups is 1. The van der Waals surface area contributed by atoms with Crippen molar-refractivity contribution in [2.45, 2.75) is 76.3 Å². The molecule has 2 aliphatic carbocycles. The molecule has 2 aromatic rings. The summed E-state index contributed by atoms with van der Waals surface area (Å²) >= 11 is 25.4. The summed E-state index contributed by atoms with van der Waals surface area (Å²) in [5.41, 5.74) is 2.09. The molecule has 0 spiro atoms. The molecule has 2 amide bonds. The maximum absolute atomic E-state index is 12.9. The minimum Gasteiger partial charge on any atom is -0.368 e. The van der Waals surface area contributed by atoms with Crippen molar-refractivity contribution >= 4 is 63.8 Å². The minimum absolute atomic E-state index is 0.0391. The van der Waals surface area contributed by atoms with E-state index in [0.29, 0.717) is 32.2 Å². The normalized spacial score (nSPS) is 26.0. The van der Waals surface area contributed by atoms with Crippen molar-refractivity contribution in [1.29, 1.82) is 0 Å². The smallest absolute Gasteiger partial charge is 0.315 e. The van der Waals surface area contributed by atoms with Crippen LogP contribution in [-0.2, 0) is 0 Å². The summed E-state index contributed by atoms with van der Waals surface area (Å²) < 4.78 is 0. The van der Waals surface area contributed by atoms with Crippen LogP contribution in [0.25, 0.3) is 0 Å². The zero-order chi connectivity index (χ0) is 33.5. The fourth-order valence-corrected chi connectivity index (χ4v) is 9.06. The van der Waals surface area contributed by atoms with E-state index in [1.54, 1.807) is 0 Å². The lowest BCUT2D eigenvalue weighted by atomic mass is 9.83. The first-order valence-corrected chi connectivity index (χ1v) is 19.7. The molecule has 2 saturated heterocycles. The molecule has 0 unspecified atom stereocenters. The van der Waals surface area contributed by atoms with Gasteiger partial charge in [0.05, 0.1) is 31.5 Å². The molecule has 48 heavy (non-hydrogen) atoms. The highest BCUT2D eigenvalue weighted by molar-refractivity contribution is 6.44. The maximum atomic E-state index is 12.9. The second-order valence-electron chi connectivity index (χ2n) is 14.4. The van der Waals surface area contributed by atoms with Gasteiger partial charge in [0.25, 0.3) is 0 Å². The second-order valence-corrected chi connectivity index (χ2v) is 16.0. The Kier molecular flexibility index (Phi) is 13.2. The predicted molar refractivity (Wildman–Crippen MR) is 203 cm³/mol. The molecule has 264 valence electrons. The molecule has 2 aliphatic heterocycles. The molecular formula is C37H52Cl4N6O. The first-order chi connectivity index (χ1) is 23.3. The Bertz CT molecular complexity index is 1230. The number of hydrogen-bond donors (Lipinski definition) is 2. The quantitative estimate of drug-likeness (QED) is 0.257. The van der Waals surface area contributed by atoms with Gasteiger partial charge in [-0.05, 0) is 113 Å². The number of rotatable bonds is 10. The van der Waals surface area contributed by atoms with Gasteiger partial charge >= 0.3 is 6.03 Å². The number of carbonyl (C=O) groups is 1. The van der Waals surface area contributed by atoms with Gasteiger partial charge in [-0.2, -0.15) is 0 Å². The van der Waals surface area contributed by atoms with E-state index in [4.69, 9.17) is 46.4 Å². The summed E-state index contributed by atoms with van der Waals surface area (Å²) in [5, 5.41) is 9.19. The largest absolute Gasteiger partial charge is 0.368 e. The van der Waals surface area contributed by atoms with Crippen molar-refractivity contribution in [1.82, 2.24) is 20.4 Å². The van der Waals surface area contributed by atoms with Crippen LogP contribution in [0.2, 0.25) is 20.1 Å². The lowest BCUT2D eigenvalue weighted by molar-refractivity contribution is 0.196. The highest BCUT2D eigenvalue weighted by atomic mass is 35.5. The third-order valence-electron chi connectivity index (χ3n) is 11.4. The summed E-state index contributed by atoms with van der Waals surface area (Å²) in [4.78, 5) is 22.7. The van der Waals surface area contributed by atoms with Crippen molar-refractivity contribution in [3.8, 4) is 0 Å². The predicted octanol–water partition coefficient (Wildman–Crippen LogP) is 8.44. The van der Waals surface area contributed by atoms with Crippen LogP contribution >= 0.6 is 46.4 Å². The summed E-state index contributed by atoms with van der Waals surface area (Å²) in [6, 6.07) is 12.4. The minimum atomic E-state index is 0.0391. The van der Waals surface area contributed by atoms with Gasteiger partial charge in [-0.3, -0.25) is 9.80 Å². The molecule has 6 rings (SSSR count). The van der Waals surface area contributed by atoms with E-state index in [0.717, 1.165) is 114 Å². The third kappa shape index (κ3) is 9.79. The third-order valence-corrected chi connectivity index (χ3v) is 13.0. The summed E-state index contributed by atoms with van der Waals surface area (Å²) in [6.45, 7) is 10.4. The second kappa shape index (κ2) is 17.5. The number of nitrogens with one attached hydrogen (secondary N) is 2. The van der Waals surface area contributed by atoms with Crippen LogP contribution in [0.4, 0.5) is 16.2 Å². The first kappa shape index (κ1) is 36.2. The fraction of sp³-hybridized carbons (Fsp3) is 0.649. The number of anilines is 2. The van der Waals surface area contributed by atoms with Gasteiger partial charge in [-0.1, -0.05) is 58.5 Å². The topological polar surface area (TPSA) is 54.1 Å². The standard InChI is InChI=1S/C37H52Cl4N6O/c38-31-3-1-5-33(35(31)40)46-23-19-44(20-24-46)17-15-27-7-11-29(12-8-27)42-37(48)43-30-13-9-28(10-14-30)16-18-45-21-25-47(26-22-45)34-6-2-4-32(39)36(34)41/h1-6,27-30H,7-26H2,(H2,42,43,48)/t27-,28-,29-,30-. The van der Waals surface area contributed by atoms with Crippen LogP contribution in [0.5, 0.6) is 0 Å². The van der Waals surface area contributed by atoms with Gasteiger partial charge in [0, 0.05) is 64.4 Å². The Balaban J connectivity index is 0.800. The van der Waals surface area contributed by atoms with E-state index in [1.807, 2.05) is 24.3 Å². The molecule has 2 heterocycles. The van der Waals surface area contributed by atoms with Crippen molar-refractivity contribution in [3.63, 3.8) is 0 Å². The lowest BCUT2D eigenvalue weighted by Gasteiger charge is -2.38. The number of halogens is 4. The number of benzene rings is 2. The van der Waals surface area contributed by atoms with Crippen LogP contribution in [0.15, 0.2) is 36.4 Å². The number of amides is 2. The Hall–Kier alpha value is -1.61. The monoisotopic (exact) mass is 736 g/mol. The van der Waals surface area contributed by atoms with Gasteiger partial charge < -0.3 is 20.4 Å². The molecule has 2 N–H and O–H groups in total. The molecule has 2 saturated carbocycles. The van der Waals surface area contributed by atoms with Gasteiger partial charge in [0.1, 0.15) is 0 Å². The van der Waals surface area contributed by atoms with Gasteiger partial charge in [0.15, 0.2) is 0 Å². The fourth-order valence-electron chi connectivity index (χ4n) is 8.23. The SMILES string of the molecule is O=C(N[C@H]1CC[C@H](CCN2CCN(c3cccc(Cl)c3Cl)CC2)CC1)N[C@H]1CC[C@H](CCN2CCN(c3cccc(Cl)c3Cl)CC2)CC1. The van der Waals surface area contributed by atoms with Gasteiger partial charge in [-0.15, -0.1) is 0 Å². The Morgan fingerprint density at radius 2 is 0.938 bits per heavy atom. The Morgan fingerprint density at radius 1 is 0.562 bits per heavy atom. The van der Waals surface area contributed by atoms with E-state index in [2.05, 4.69) is 42.4 Å². The molecule has 0 aromatic heterocycles. The molecule has 0 bridgehead atoms. The number of carbonyl (C=O) groups excluding carboxylic acids is 1. The van der Waals surface area contributed by atoms with E-state index in [1.165, 1.54) is 38.5 Å². The summed E-state index contributed by atoms with van der Waals surface area (Å²) in [5.74, 6) is 1.51. The van der Waals surface area contributed by atoms with Crippen molar-refractivity contribution in [2.24, 2.45) is 11.8 Å². The summed E-state index contributed by atoms with van der Waals surface area (Å²) in [6.07, 6.45) is 11.7. The van der Waals surface area contributed by atoms with Crippen LogP contribution in [-0.4, -0.2) is 93.4 Å². The number of hydrogen-bond acceptors (Lipinski definition) is 5. The van der Waals surface area contributed by atoms with Gasteiger partial charge in [0.2, 0.25) is 0 Å². The van der Waals surface area contributed by atoms with E-state index in [9.17, 15) is 4.79 Å². The molecular weight excluding hydrogens is 686 g/mol. The zero-order valence-corrected chi connectivity index (χ0v) is 31.1. The van der Waals surface area contributed by atoms with Crippen molar-refractivity contribution in [3.05, 3.63) is 56.5 Å². The number of nitrogens with zero attached hydrogens (tertiary/aromatic N) is 4. The zero-order valence-electron chi connectivity index (χ0n) is 28.1.